The highest BCUT2D eigenvalue weighted by molar-refractivity contribution is 7.90. The van der Waals surface area contributed by atoms with Gasteiger partial charge in [0.2, 0.25) is 5.91 Å². The molecule has 158 valence electrons. The van der Waals surface area contributed by atoms with Crippen molar-refractivity contribution in [2.24, 2.45) is 0 Å². The van der Waals surface area contributed by atoms with Gasteiger partial charge in [0.05, 0.1) is 17.3 Å². The second-order valence-electron chi connectivity index (χ2n) is 6.61. The Labute approximate surface area is 179 Å². The lowest BCUT2D eigenvalue weighted by Gasteiger charge is -2.07. The first-order valence-electron chi connectivity index (χ1n) is 9.27. The topological polar surface area (TPSA) is 94.5 Å². The fraction of sp³-hybridized carbons (Fsp3) is 0.238. The molecule has 0 atom stereocenters. The zero-order valence-electron chi connectivity index (χ0n) is 16.3. The van der Waals surface area contributed by atoms with Gasteiger partial charge in [-0.1, -0.05) is 41.9 Å². The van der Waals surface area contributed by atoms with Crippen molar-refractivity contribution in [3.8, 4) is 0 Å². The molecule has 0 aliphatic rings. The molecule has 0 saturated carbocycles. The molecule has 0 unspecified atom stereocenters. The Morgan fingerprint density at radius 2 is 1.80 bits per heavy atom. The van der Waals surface area contributed by atoms with Crippen molar-refractivity contribution in [1.29, 1.82) is 0 Å². The Hall–Kier alpha value is -2.84. The van der Waals surface area contributed by atoms with Gasteiger partial charge in [-0.2, -0.15) is 0 Å². The normalized spacial score (nSPS) is 11.4. The van der Waals surface area contributed by atoms with Crippen molar-refractivity contribution in [3.05, 3.63) is 65.3 Å². The largest absolute Gasteiger partial charge is 0.465 e. The number of amides is 1. The smallest absolute Gasteiger partial charge is 0.325 e. The maximum atomic E-state index is 13.1. The van der Waals surface area contributed by atoms with E-state index >= 15 is 0 Å². The number of benzene rings is 2. The van der Waals surface area contributed by atoms with E-state index in [4.69, 9.17) is 16.3 Å². The zero-order valence-corrected chi connectivity index (χ0v) is 17.9. The van der Waals surface area contributed by atoms with Gasteiger partial charge in [-0.3, -0.25) is 9.59 Å². The summed E-state index contributed by atoms with van der Waals surface area (Å²) in [5.74, 6) is -1.15. The fourth-order valence-electron chi connectivity index (χ4n) is 3.06. The highest BCUT2D eigenvalue weighted by atomic mass is 35.5. The van der Waals surface area contributed by atoms with Crippen LogP contribution in [0.25, 0.3) is 10.9 Å². The lowest BCUT2D eigenvalue weighted by atomic mass is 10.2. The first kappa shape index (κ1) is 21.9. The van der Waals surface area contributed by atoms with E-state index < -0.39 is 21.7 Å². The first-order chi connectivity index (χ1) is 14.3. The van der Waals surface area contributed by atoms with Crippen LogP contribution in [-0.4, -0.2) is 38.0 Å². The summed E-state index contributed by atoms with van der Waals surface area (Å²) >= 11 is 5.87. The molecule has 2 aromatic carbocycles. The van der Waals surface area contributed by atoms with Gasteiger partial charge < -0.3 is 14.6 Å². The molecule has 0 aliphatic carbocycles. The third-order valence-corrected chi connectivity index (χ3v) is 6.37. The minimum absolute atomic E-state index is 0.129. The molecule has 3 aromatic rings. The van der Waals surface area contributed by atoms with Crippen LogP contribution in [0.2, 0.25) is 5.02 Å². The number of nitrogens with one attached hydrogen (secondary N) is 1. The Kier molecular flexibility index (Phi) is 6.79. The van der Waals surface area contributed by atoms with Gasteiger partial charge in [-0.25, -0.2) is 8.42 Å². The quantitative estimate of drug-likeness (QED) is 0.534. The Morgan fingerprint density at radius 3 is 2.50 bits per heavy atom. The highest BCUT2D eigenvalue weighted by Crippen LogP contribution is 2.28. The van der Waals surface area contributed by atoms with Crippen LogP contribution in [0.5, 0.6) is 0 Å². The Morgan fingerprint density at radius 1 is 1.10 bits per heavy atom. The third-order valence-electron chi connectivity index (χ3n) is 4.41. The molecule has 0 spiro atoms. The highest BCUT2D eigenvalue weighted by Gasteiger charge is 2.22. The summed E-state index contributed by atoms with van der Waals surface area (Å²) in [6, 6.07) is 13.6. The number of halogens is 1. The molecule has 1 amide bonds. The summed E-state index contributed by atoms with van der Waals surface area (Å²) in [7, 11) is -3.67. The van der Waals surface area contributed by atoms with Crippen LogP contribution in [0.1, 0.15) is 12.5 Å². The summed E-state index contributed by atoms with van der Waals surface area (Å²) in [5, 5.41) is 3.54. The molecule has 1 N–H and O–H groups in total. The predicted octanol–water partition coefficient (Wildman–Crippen LogP) is 2.95. The molecule has 0 saturated heterocycles. The second kappa shape index (κ2) is 9.32. The predicted molar refractivity (Wildman–Crippen MR) is 114 cm³/mol. The van der Waals surface area contributed by atoms with E-state index in [9.17, 15) is 18.0 Å². The number of sulfone groups is 1. The van der Waals surface area contributed by atoms with Crippen molar-refractivity contribution in [1.82, 2.24) is 9.88 Å². The van der Waals surface area contributed by atoms with Gasteiger partial charge in [0, 0.05) is 22.1 Å². The number of carbonyl (C=O) groups is 2. The molecule has 3 rings (SSSR count). The maximum Gasteiger partial charge on any atom is 0.325 e. The standard InChI is InChI=1S/C21H21ClN2O5S/c1-2-29-21(26)11-23-20(25)13-24-12-19(17-5-3-4-6-18(17)24)30(27,28)14-15-7-9-16(22)10-8-15/h3-10,12H,2,11,13-14H2,1H3,(H,23,25). The molecular formula is C21H21ClN2O5S. The van der Waals surface area contributed by atoms with E-state index in [1.165, 1.54) is 6.20 Å². The van der Waals surface area contributed by atoms with Gasteiger partial charge in [0.25, 0.3) is 0 Å². The number of hydrogen-bond acceptors (Lipinski definition) is 5. The molecule has 1 aromatic heterocycles. The van der Waals surface area contributed by atoms with Crippen LogP contribution in [0.4, 0.5) is 0 Å². The summed E-state index contributed by atoms with van der Waals surface area (Å²) in [6.45, 7) is 1.54. The van der Waals surface area contributed by atoms with Crippen LogP contribution >= 0.6 is 11.6 Å². The summed E-state index contributed by atoms with van der Waals surface area (Å²) in [4.78, 5) is 23.8. The number of hydrogen-bond donors (Lipinski definition) is 1. The molecule has 0 radical (unpaired) electrons. The fourth-order valence-corrected chi connectivity index (χ4v) is 4.77. The van der Waals surface area contributed by atoms with Crippen LogP contribution in [0, 0.1) is 0 Å². The minimum atomic E-state index is -3.67. The first-order valence-corrected chi connectivity index (χ1v) is 11.3. The number of esters is 1. The van der Waals surface area contributed by atoms with E-state index in [1.807, 2.05) is 0 Å². The van der Waals surface area contributed by atoms with Crippen molar-refractivity contribution < 1.29 is 22.7 Å². The maximum absolute atomic E-state index is 13.1. The van der Waals surface area contributed by atoms with Gasteiger partial charge >= 0.3 is 5.97 Å². The van der Waals surface area contributed by atoms with Gasteiger partial charge in [0.15, 0.2) is 9.84 Å². The molecule has 9 heteroatoms. The van der Waals surface area contributed by atoms with E-state index in [1.54, 1.807) is 60.0 Å². The molecular weight excluding hydrogens is 428 g/mol. The number of carbonyl (C=O) groups excluding carboxylic acids is 2. The van der Waals surface area contributed by atoms with Crippen molar-refractivity contribution in [2.75, 3.05) is 13.2 Å². The number of nitrogens with zero attached hydrogens (tertiary/aromatic N) is 1. The lowest BCUT2D eigenvalue weighted by Crippen LogP contribution is -2.33. The zero-order chi connectivity index (χ0) is 21.7. The number of fused-ring (bicyclic) bond motifs is 1. The summed E-state index contributed by atoms with van der Waals surface area (Å²) in [5.41, 5.74) is 1.22. The average molecular weight is 449 g/mol. The van der Waals surface area contributed by atoms with E-state index in [-0.39, 0.29) is 30.3 Å². The van der Waals surface area contributed by atoms with Gasteiger partial charge in [-0.05, 0) is 30.7 Å². The molecule has 7 nitrogen and oxygen atoms in total. The molecule has 0 bridgehead atoms. The Bertz CT molecular complexity index is 1170. The molecule has 1 heterocycles. The third kappa shape index (κ3) is 5.20. The number of para-hydroxylation sites is 1. The average Bonchev–Trinajstić information content (AvgIpc) is 3.08. The SMILES string of the molecule is CCOC(=O)CNC(=O)Cn1cc(S(=O)(=O)Cc2ccc(Cl)cc2)c2ccccc21. The second-order valence-corrected chi connectivity index (χ2v) is 9.00. The van der Waals surface area contributed by atoms with Gasteiger partial charge in [-0.15, -0.1) is 0 Å². The van der Waals surface area contributed by atoms with Gasteiger partial charge in [0.1, 0.15) is 13.1 Å². The summed E-state index contributed by atoms with van der Waals surface area (Å²) < 4.78 is 32.5. The monoisotopic (exact) mass is 448 g/mol. The van der Waals surface area contributed by atoms with Crippen LogP contribution in [-0.2, 0) is 36.5 Å². The summed E-state index contributed by atoms with van der Waals surface area (Å²) in [6.07, 6.45) is 1.46. The Balaban J connectivity index is 1.85. The number of ether oxygens (including phenoxy) is 1. The number of rotatable bonds is 8. The van der Waals surface area contributed by atoms with Crippen molar-refractivity contribution in [2.45, 2.75) is 24.1 Å². The van der Waals surface area contributed by atoms with Crippen molar-refractivity contribution in [3.63, 3.8) is 0 Å². The van der Waals surface area contributed by atoms with E-state index in [0.29, 0.717) is 21.5 Å². The van der Waals surface area contributed by atoms with Crippen LogP contribution in [0.3, 0.4) is 0 Å². The molecule has 0 aliphatic heterocycles. The van der Waals surface area contributed by atoms with Crippen LogP contribution in [0.15, 0.2) is 59.6 Å². The van der Waals surface area contributed by atoms with E-state index in [2.05, 4.69) is 5.32 Å². The molecule has 30 heavy (non-hydrogen) atoms. The van der Waals surface area contributed by atoms with Crippen LogP contribution < -0.4 is 5.32 Å². The van der Waals surface area contributed by atoms with Crippen molar-refractivity contribution >= 4 is 44.2 Å². The van der Waals surface area contributed by atoms with E-state index in [0.717, 1.165) is 0 Å². The lowest BCUT2D eigenvalue weighted by molar-refractivity contribution is -0.143. The molecule has 0 fully saturated rings. The number of aromatic nitrogens is 1. The minimum Gasteiger partial charge on any atom is -0.465 e.